The lowest BCUT2D eigenvalue weighted by atomic mass is 10.2. The number of hydrogen-bond acceptors (Lipinski definition) is 2. The van der Waals surface area contributed by atoms with Crippen LogP contribution in [-0.4, -0.2) is 25.7 Å². The molecule has 0 spiro atoms. The van der Waals surface area contributed by atoms with Crippen LogP contribution in [0, 0.1) is 11.6 Å². The number of hydrogen-bond donors (Lipinski definition) is 1. The van der Waals surface area contributed by atoms with Crippen LogP contribution in [0.2, 0.25) is 0 Å². The third-order valence-corrected chi connectivity index (χ3v) is 2.96. The van der Waals surface area contributed by atoms with Crippen LogP contribution in [0.5, 0.6) is 0 Å². The summed E-state index contributed by atoms with van der Waals surface area (Å²) in [6.07, 6.45) is 1.02. The van der Waals surface area contributed by atoms with Crippen LogP contribution < -0.4 is 10.2 Å². The van der Waals surface area contributed by atoms with Crippen molar-refractivity contribution in [2.24, 2.45) is 0 Å². The van der Waals surface area contributed by atoms with E-state index in [1.165, 1.54) is 12.1 Å². The van der Waals surface area contributed by atoms with E-state index in [4.69, 9.17) is 0 Å². The summed E-state index contributed by atoms with van der Waals surface area (Å²) in [7, 11) is 0. The second kappa shape index (κ2) is 4.78. The molecule has 0 aromatic heterocycles. The molecule has 1 N–H and O–H groups in total. The molecule has 4 heteroatoms. The fraction of sp³-hybridized carbons (Fsp3) is 0.500. The van der Waals surface area contributed by atoms with E-state index in [2.05, 4.69) is 17.1 Å². The van der Waals surface area contributed by atoms with Crippen molar-refractivity contribution >= 4 is 5.69 Å². The monoisotopic (exact) mass is 226 g/mol. The maximum atomic E-state index is 13.1. The molecule has 1 aliphatic heterocycles. The van der Waals surface area contributed by atoms with Gasteiger partial charge in [0.25, 0.3) is 0 Å². The molecule has 1 aromatic rings. The third-order valence-electron chi connectivity index (χ3n) is 2.96. The molecule has 2 nitrogen and oxygen atoms in total. The van der Waals surface area contributed by atoms with Gasteiger partial charge < -0.3 is 10.2 Å². The Morgan fingerprint density at radius 2 is 2.12 bits per heavy atom. The number of nitrogens with one attached hydrogen (secondary N) is 1. The summed E-state index contributed by atoms with van der Waals surface area (Å²) < 4.78 is 26.0. The van der Waals surface area contributed by atoms with Crippen LogP contribution >= 0.6 is 0 Å². The molecular formula is C12H16F2N2. The van der Waals surface area contributed by atoms with Gasteiger partial charge in [0.1, 0.15) is 0 Å². The van der Waals surface area contributed by atoms with Gasteiger partial charge in [-0.2, -0.15) is 0 Å². The van der Waals surface area contributed by atoms with E-state index < -0.39 is 11.6 Å². The molecule has 2 rings (SSSR count). The second-order valence-electron chi connectivity index (χ2n) is 4.20. The molecular weight excluding hydrogens is 210 g/mol. The van der Waals surface area contributed by atoms with E-state index in [0.717, 1.165) is 31.7 Å². The van der Waals surface area contributed by atoms with Crippen molar-refractivity contribution in [1.82, 2.24) is 5.32 Å². The third kappa shape index (κ3) is 2.32. The topological polar surface area (TPSA) is 15.3 Å². The van der Waals surface area contributed by atoms with Crippen LogP contribution in [0.15, 0.2) is 18.2 Å². The SMILES string of the molecule is CC1CNCCCN1c1ccc(F)c(F)c1. The Balaban J connectivity index is 2.23. The van der Waals surface area contributed by atoms with Gasteiger partial charge in [0.15, 0.2) is 11.6 Å². The molecule has 16 heavy (non-hydrogen) atoms. The summed E-state index contributed by atoms with van der Waals surface area (Å²) in [5, 5.41) is 3.31. The Hall–Kier alpha value is -1.16. The Morgan fingerprint density at radius 3 is 2.88 bits per heavy atom. The Labute approximate surface area is 94.3 Å². The fourth-order valence-electron chi connectivity index (χ4n) is 2.06. The number of benzene rings is 1. The molecule has 1 saturated heterocycles. The first-order chi connectivity index (χ1) is 7.68. The zero-order valence-electron chi connectivity index (χ0n) is 9.34. The molecule has 0 saturated carbocycles. The van der Waals surface area contributed by atoms with Crippen LogP contribution in [0.3, 0.4) is 0 Å². The van der Waals surface area contributed by atoms with Crippen molar-refractivity contribution < 1.29 is 8.78 Å². The maximum absolute atomic E-state index is 13.1. The zero-order chi connectivity index (χ0) is 11.5. The van der Waals surface area contributed by atoms with Gasteiger partial charge in [-0.3, -0.25) is 0 Å². The summed E-state index contributed by atoms with van der Waals surface area (Å²) in [5.74, 6) is -1.56. The molecule has 0 bridgehead atoms. The summed E-state index contributed by atoms with van der Waals surface area (Å²) in [5.41, 5.74) is 0.759. The van der Waals surface area contributed by atoms with Crippen molar-refractivity contribution in [2.75, 3.05) is 24.5 Å². The van der Waals surface area contributed by atoms with Gasteiger partial charge in [0, 0.05) is 30.9 Å². The summed E-state index contributed by atoms with van der Waals surface area (Å²) in [4.78, 5) is 2.11. The smallest absolute Gasteiger partial charge is 0.160 e. The van der Waals surface area contributed by atoms with Gasteiger partial charge in [-0.25, -0.2) is 8.78 Å². The van der Waals surface area contributed by atoms with Gasteiger partial charge in [0.05, 0.1) is 0 Å². The van der Waals surface area contributed by atoms with Crippen LogP contribution in [0.1, 0.15) is 13.3 Å². The lowest BCUT2D eigenvalue weighted by Crippen LogP contribution is -2.37. The molecule has 88 valence electrons. The summed E-state index contributed by atoms with van der Waals surface area (Å²) in [6.45, 7) is 4.81. The van der Waals surface area contributed by atoms with E-state index in [9.17, 15) is 8.78 Å². The van der Waals surface area contributed by atoms with Crippen LogP contribution in [-0.2, 0) is 0 Å². The first-order valence-electron chi connectivity index (χ1n) is 5.61. The van der Waals surface area contributed by atoms with E-state index in [1.54, 1.807) is 6.07 Å². The molecule has 1 unspecified atom stereocenters. The molecule has 1 heterocycles. The summed E-state index contributed by atoms with van der Waals surface area (Å²) >= 11 is 0. The number of rotatable bonds is 1. The number of nitrogens with zero attached hydrogens (tertiary/aromatic N) is 1. The van der Waals surface area contributed by atoms with E-state index in [-0.39, 0.29) is 0 Å². The minimum atomic E-state index is -0.788. The van der Waals surface area contributed by atoms with Gasteiger partial charge >= 0.3 is 0 Å². The first kappa shape index (κ1) is 11.3. The molecule has 1 fully saturated rings. The molecule has 1 aliphatic rings. The Bertz CT molecular complexity index is 368. The zero-order valence-corrected chi connectivity index (χ0v) is 9.34. The molecule has 1 atom stereocenters. The minimum Gasteiger partial charge on any atom is -0.367 e. The highest BCUT2D eigenvalue weighted by molar-refractivity contribution is 5.48. The van der Waals surface area contributed by atoms with Crippen molar-refractivity contribution in [1.29, 1.82) is 0 Å². The predicted molar refractivity (Wildman–Crippen MR) is 60.7 cm³/mol. The first-order valence-corrected chi connectivity index (χ1v) is 5.61. The number of halogens is 2. The van der Waals surface area contributed by atoms with E-state index in [0.29, 0.717) is 6.04 Å². The fourth-order valence-corrected chi connectivity index (χ4v) is 2.06. The molecule has 1 aromatic carbocycles. The maximum Gasteiger partial charge on any atom is 0.160 e. The highest BCUT2D eigenvalue weighted by Gasteiger charge is 2.17. The standard InChI is InChI=1S/C12H16F2N2/c1-9-8-15-5-2-6-16(9)10-3-4-11(13)12(14)7-10/h3-4,7,9,15H,2,5-6,8H2,1H3. The minimum absolute atomic E-state index is 0.298. The highest BCUT2D eigenvalue weighted by Crippen LogP contribution is 2.21. The highest BCUT2D eigenvalue weighted by atomic mass is 19.2. The second-order valence-corrected chi connectivity index (χ2v) is 4.20. The van der Waals surface area contributed by atoms with Crippen LogP contribution in [0.25, 0.3) is 0 Å². The number of anilines is 1. The van der Waals surface area contributed by atoms with Gasteiger partial charge in [-0.1, -0.05) is 0 Å². The average Bonchev–Trinajstić information content (AvgIpc) is 2.47. The van der Waals surface area contributed by atoms with Gasteiger partial charge in [-0.05, 0) is 32.0 Å². The summed E-state index contributed by atoms with van der Waals surface area (Å²) in [6, 6.07) is 4.40. The average molecular weight is 226 g/mol. The molecule has 0 radical (unpaired) electrons. The quantitative estimate of drug-likeness (QED) is 0.789. The van der Waals surface area contributed by atoms with Gasteiger partial charge in [0.2, 0.25) is 0 Å². The van der Waals surface area contributed by atoms with Crippen LogP contribution in [0.4, 0.5) is 14.5 Å². The Kier molecular flexibility index (Phi) is 3.39. The Morgan fingerprint density at radius 1 is 1.31 bits per heavy atom. The molecule has 0 amide bonds. The van der Waals surface area contributed by atoms with Crippen molar-refractivity contribution in [3.8, 4) is 0 Å². The molecule has 0 aliphatic carbocycles. The lowest BCUT2D eigenvalue weighted by Gasteiger charge is -2.29. The lowest BCUT2D eigenvalue weighted by molar-refractivity contribution is 0.507. The van der Waals surface area contributed by atoms with E-state index in [1.807, 2.05) is 0 Å². The normalized spacial score (nSPS) is 21.9. The van der Waals surface area contributed by atoms with Gasteiger partial charge in [-0.15, -0.1) is 0 Å². The van der Waals surface area contributed by atoms with Crippen molar-refractivity contribution in [3.63, 3.8) is 0 Å². The largest absolute Gasteiger partial charge is 0.367 e. The van der Waals surface area contributed by atoms with E-state index >= 15 is 0 Å². The van der Waals surface area contributed by atoms with Crippen molar-refractivity contribution in [2.45, 2.75) is 19.4 Å². The van der Waals surface area contributed by atoms with Crippen molar-refractivity contribution in [3.05, 3.63) is 29.8 Å². The predicted octanol–water partition coefficient (Wildman–Crippen LogP) is 2.15.